The molecular weight excluding hydrogens is 180 g/mol. The summed E-state index contributed by atoms with van der Waals surface area (Å²) in [5.74, 6) is 0.833. The fraction of sp³-hybridized carbons (Fsp3) is 0.455. The molecule has 1 aromatic carbocycles. The molecule has 0 radical (unpaired) electrons. The highest BCUT2D eigenvalue weighted by atomic mass is 16.5. The Morgan fingerprint density at radius 2 is 2.07 bits per heavy atom. The molecule has 2 N–H and O–H groups in total. The number of hydrogen-bond donors (Lipinski definition) is 2. The van der Waals surface area contributed by atoms with E-state index in [0.717, 1.165) is 5.56 Å². The van der Waals surface area contributed by atoms with Gasteiger partial charge < -0.3 is 14.9 Å². The number of benzene rings is 1. The summed E-state index contributed by atoms with van der Waals surface area (Å²) in [4.78, 5) is 0. The second-order valence-corrected chi connectivity index (χ2v) is 3.47. The van der Waals surface area contributed by atoms with E-state index in [1.807, 2.05) is 6.92 Å². The lowest BCUT2D eigenvalue weighted by Crippen LogP contribution is -2.06. The Balaban J connectivity index is 3.14. The number of methoxy groups -OCH3 is 1. The van der Waals surface area contributed by atoms with Gasteiger partial charge in [-0.25, -0.2) is 0 Å². The number of phenolic OH excluding ortho intramolecular Hbond substituents is 1. The van der Waals surface area contributed by atoms with Gasteiger partial charge in [0.15, 0.2) is 0 Å². The van der Waals surface area contributed by atoms with Gasteiger partial charge in [-0.15, -0.1) is 0 Å². The molecule has 1 atom stereocenters. The van der Waals surface area contributed by atoms with E-state index in [-0.39, 0.29) is 5.75 Å². The average Bonchev–Trinajstić information content (AvgIpc) is 2.13. The van der Waals surface area contributed by atoms with Crippen molar-refractivity contribution in [2.75, 3.05) is 7.11 Å². The van der Waals surface area contributed by atoms with Gasteiger partial charge in [-0.05, 0) is 25.5 Å². The first-order valence-electron chi connectivity index (χ1n) is 4.59. The van der Waals surface area contributed by atoms with E-state index < -0.39 is 6.10 Å². The van der Waals surface area contributed by atoms with Crippen molar-refractivity contribution in [1.82, 2.24) is 0 Å². The van der Waals surface area contributed by atoms with Gasteiger partial charge in [-0.3, -0.25) is 0 Å². The van der Waals surface area contributed by atoms with E-state index in [2.05, 4.69) is 0 Å². The predicted octanol–water partition coefficient (Wildman–Crippen LogP) is 1.63. The van der Waals surface area contributed by atoms with E-state index >= 15 is 0 Å². The molecule has 0 fully saturated rings. The Morgan fingerprint density at radius 3 is 2.57 bits per heavy atom. The molecule has 1 rings (SSSR count). The third kappa shape index (κ3) is 2.17. The van der Waals surface area contributed by atoms with Crippen LogP contribution in [0.5, 0.6) is 11.5 Å². The van der Waals surface area contributed by atoms with Crippen LogP contribution < -0.4 is 4.74 Å². The summed E-state index contributed by atoms with van der Waals surface area (Å²) in [5.41, 5.74) is 1.46. The van der Waals surface area contributed by atoms with E-state index in [1.54, 1.807) is 26.2 Å². The van der Waals surface area contributed by atoms with Crippen molar-refractivity contribution in [2.45, 2.75) is 26.4 Å². The minimum Gasteiger partial charge on any atom is -0.507 e. The van der Waals surface area contributed by atoms with Crippen LogP contribution in [0.3, 0.4) is 0 Å². The molecule has 3 heteroatoms. The van der Waals surface area contributed by atoms with Crippen LogP contribution in [0.4, 0.5) is 0 Å². The molecule has 1 unspecified atom stereocenters. The molecule has 0 aliphatic carbocycles. The van der Waals surface area contributed by atoms with Gasteiger partial charge in [0.2, 0.25) is 0 Å². The molecule has 1 aromatic rings. The van der Waals surface area contributed by atoms with Crippen LogP contribution in [-0.2, 0) is 6.42 Å². The Morgan fingerprint density at radius 1 is 1.43 bits per heavy atom. The van der Waals surface area contributed by atoms with E-state index in [1.165, 1.54) is 0 Å². The van der Waals surface area contributed by atoms with Crippen molar-refractivity contribution >= 4 is 0 Å². The highest BCUT2D eigenvalue weighted by Crippen LogP contribution is 2.31. The molecule has 0 aliphatic heterocycles. The van der Waals surface area contributed by atoms with Crippen LogP contribution in [0, 0.1) is 6.92 Å². The predicted molar refractivity (Wildman–Crippen MR) is 54.8 cm³/mol. The minimum absolute atomic E-state index is 0.213. The number of aromatic hydroxyl groups is 1. The second-order valence-electron chi connectivity index (χ2n) is 3.47. The zero-order valence-corrected chi connectivity index (χ0v) is 8.74. The van der Waals surface area contributed by atoms with Crippen LogP contribution in [0.25, 0.3) is 0 Å². The summed E-state index contributed by atoms with van der Waals surface area (Å²) >= 11 is 0. The maximum absolute atomic E-state index is 9.77. The molecule has 0 aromatic heterocycles. The lowest BCUT2D eigenvalue weighted by atomic mass is 10.0. The number of rotatable bonds is 3. The summed E-state index contributed by atoms with van der Waals surface area (Å²) in [5, 5.41) is 19.0. The Kier molecular flexibility index (Phi) is 3.36. The number of ether oxygens (including phenoxy) is 1. The normalized spacial score (nSPS) is 12.6. The monoisotopic (exact) mass is 196 g/mol. The van der Waals surface area contributed by atoms with Crippen molar-refractivity contribution in [2.24, 2.45) is 0 Å². The van der Waals surface area contributed by atoms with Crippen molar-refractivity contribution in [3.05, 3.63) is 23.3 Å². The van der Waals surface area contributed by atoms with Gasteiger partial charge in [0.25, 0.3) is 0 Å². The molecule has 0 aliphatic rings. The lowest BCUT2D eigenvalue weighted by molar-refractivity contribution is 0.192. The van der Waals surface area contributed by atoms with Crippen LogP contribution in [-0.4, -0.2) is 23.4 Å². The summed E-state index contributed by atoms with van der Waals surface area (Å²) in [7, 11) is 1.55. The smallest absolute Gasteiger partial charge is 0.125 e. The van der Waals surface area contributed by atoms with Crippen molar-refractivity contribution in [1.29, 1.82) is 0 Å². The highest BCUT2D eigenvalue weighted by molar-refractivity contribution is 5.49. The van der Waals surface area contributed by atoms with E-state index in [0.29, 0.717) is 17.7 Å². The summed E-state index contributed by atoms with van der Waals surface area (Å²) in [6.45, 7) is 3.50. The van der Waals surface area contributed by atoms with Gasteiger partial charge in [-0.1, -0.05) is 6.07 Å². The van der Waals surface area contributed by atoms with Crippen molar-refractivity contribution in [3.8, 4) is 11.5 Å². The zero-order valence-electron chi connectivity index (χ0n) is 8.74. The van der Waals surface area contributed by atoms with Gasteiger partial charge in [0.05, 0.1) is 13.2 Å². The second kappa shape index (κ2) is 4.33. The first kappa shape index (κ1) is 10.9. The van der Waals surface area contributed by atoms with Crippen molar-refractivity contribution < 1.29 is 14.9 Å². The largest absolute Gasteiger partial charge is 0.507 e. The first-order chi connectivity index (χ1) is 6.56. The van der Waals surface area contributed by atoms with Gasteiger partial charge in [-0.2, -0.15) is 0 Å². The average molecular weight is 196 g/mol. The molecule has 78 valence electrons. The van der Waals surface area contributed by atoms with Gasteiger partial charge >= 0.3 is 0 Å². The molecule has 3 nitrogen and oxygen atoms in total. The van der Waals surface area contributed by atoms with Crippen LogP contribution in [0.2, 0.25) is 0 Å². The quantitative estimate of drug-likeness (QED) is 0.772. The standard InChI is InChI=1S/C11H16O3/c1-7-4-5-10(14-3)9(11(7)13)6-8(2)12/h4-5,8,12-13H,6H2,1-3H3. The fourth-order valence-corrected chi connectivity index (χ4v) is 1.42. The zero-order chi connectivity index (χ0) is 10.7. The summed E-state index contributed by atoms with van der Waals surface area (Å²) in [6.07, 6.45) is -0.0898. The highest BCUT2D eigenvalue weighted by Gasteiger charge is 2.12. The molecular formula is C11H16O3. The van der Waals surface area contributed by atoms with Gasteiger partial charge in [0, 0.05) is 12.0 Å². The molecule has 0 spiro atoms. The van der Waals surface area contributed by atoms with Crippen LogP contribution >= 0.6 is 0 Å². The minimum atomic E-state index is -0.489. The maximum atomic E-state index is 9.77. The topological polar surface area (TPSA) is 49.7 Å². The van der Waals surface area contributed by atoms with E-state index in [9.17, 15) is 10.2 Å². The maximum Gasteiger partial charge on any atom is 0.125 e. The number of hydrogen-bond acceptors (Lipinski definition) is 3. The Bertz CT molecular complexity index is 319. The number of aliphatic hydroxyl groups excluding tert-OH is 1. The van der Waals surface area contributed by atoms with E-state index in [4.69, 9.17) is 4.74 Å². The molecule has 0 amide bonds. The number of aliphatic hydroxyl groups is 1. The molecule has 0 heterocycles. The Labute approximate surface area is 84.0 Å². The third-order valence-corrected chi connectivity index (χ3v) is 2.16. The van der Waals surface area contributed by atoms with Crippen LogP contribution in [0.1, 0.15) is 18.1 Å². The SMILES string of the molecule is COc1ccc(C)c(O)c1CC(C)O. The fourth-order valence-electron chi connectivity index (χ4n) is 1.42. The molecule has 0 bridgehead atoms. The Hall–Kier alpha value is -1.22. The first-order valence-corrected chi connectivity index (χ1v) is 4.59. The van der Waals surface area contributed by atoms with Crippen molar-refractivity contribution in [3.63, 3.8) is 0 Å². The molecule has 0 saturated carbocycles. The van der Waals surface area contributed by atoms with Gasteiger partial charge in [0.1, 0.15) is 11.5 Å². The lowest BCUT2D eigenvalue weighted by Gasteiger charge is -2.13. The summed E-state index contributed by atoms with van der Waals surface area (Å²) in [6, 6.07) is 3.59. The summed E-state index contributed by atoms with van der Waals surface area (Å²) < 4.78 is 5.11. The molecule has 0 saturated heterocycles. The number of aryl methyl sites for hydroxylation is 1. The molecule has 14 heavy (non-hydrogen) atoms. The van der Waals surface area contributed by atoms with Crippen LogP contribution in [0.15, 0.2) is 12.1 Å². The third-order valence-electron chi connectivity index (χ3n) is 2.16. The number of phenols is 1.